The first-order chi connectivity index (χ1) is 9.45. The second kappa shape index (κ2) is 7.86. The summed E-state index contributed by atoms with van der Waals surface area (Å²) in [4.78, 5) is 23.4. The summed E-state index contributed by atoms with van der Waals surface area (Å²) in [7, 11) is 1.54. The van der Waals surface area contributed by atoms with Crippen LogP contribution in [0.1, 0.15) is 13.8 Å². The van der Waals surface area contributed by atoms with Crippen LogP contribution in [0.15, 0.2) is 11.0 Å². The number of amides is 1. The molecular formula is C12H19ClN4O3. The lowest BCUT2D eigenvalue weighted by atomic mass is 10.4. The number of nitrogens with one attached hydrogen (secondary N) is 2. The molecule has 1 aromatic heterocycles. The second-order valence-corrected chi connectivity index (χ2v) is 4.85. The molecule has 0 aliphatic carbocycles. The fraction of sp³-hybridized carbons (Fsp3) is 0.583. The minimum Gasteiger partial charge on any atom is -0.383 e. The van der Waals surface area contributed by atoms with E-state index in [0.29, 0.717) is 18.8 Å². The fourth-order valence-corrected chi connectivity index (χ4v) is 1.69. The van der Waals surface area contributed by atoms with E-state index in [0.717, 1.165) is 0 Å². The van der Waals surface area contributed by atoms with Crippen LogP contribution in [0.5, 0.6) is 0 Å². The average Bonchev–Trinajstić information content (AvgIpc) is 2.38. The monoisotopic (exact) mass is 302 g/mol. The number of ether oxygens (including phenoxy) is 1. The van der Waals surface area contributed by atoms with Gasteiger partial charge in [0, 0.05) is 13.2 Å². The molecule has 0 spiro atoms. The molecular weight excluding hydrogens is 284 g/mol. The molecule has 8 heteroatoms. The van der Waals surface area contributed by atoms with Gasteiger partial charge in [-0.05, 0) is 13.8 Å². The van der Waals surface area contributed by atoms with E-state index >= 15 is 0 Å². The molecule has 0 saturated heterocycles. The van der Waals surface area contributed by atoms with E-state index in [2.05, 4.69) is 15.7 Å². The fourth-order valence-electron chi connectivity index (χ4n) is 1.47. The molecule has 0 bridgehead atoms. The SMILES string of the molecule is COCCn1ncc(NCC(=O)NC(C)C)c(Cl)c1=O. The molecule has 0 radical (unpaired) electrons. The zero-order valence-corrected chi connectivity index (χ0v) is 12.5. The molecule has 20 heavy (non-hydrogen) atoms. The average molecular weight is 303 g/mol. The third-order valence-electron chi connectivity index (χ3n) is 2.38. The maximum absolute atomic E-state index is 11.9. The molecule has 1 rings (SSSR count). The molecule has 0 saturated carbocycles. The van der Waals surface area contributed by atoms with Crippen molar-refractivity contribution >= 4 is 23.2 Å². The summed E-state index contributed by atoms with van der Waals surface area (Å²) >= 11 is 5.96. The van der Waals surface area contributed by atoms with Gasteiger partial charge in [0.05, 0.1) is 31.6 Å². The van der Waals surface area contributed by atoms with Crippen molar-refractivity contribution in [3.63, 3.8) is 0 Å². The summed E-state index contributed by atoms with van der Waals surface area (Å²) in [5.74, 6) is -0.181. The van der Waals surface area contributed by atoms with Crippen molar-refractivity contribution in [1.29, 1.82) is 0 Å². The third-order valence-corrected chi connectivity index (χ3v) is 2.75. The summed E-state index contributed by atoms with van der Waals surface area (Å²) in [6.45, 7) is 4.45. The summed E-state index contributed by atoms with van der Waals surface area (Å²) in [5, 5.41) is 9.48. The predicted molar refractivity (Wildman–Crippen MR) is 77.2 cm³/mol. The number of hydrogen-bond donors (Lipinski definition) is 2. The lowest BCUT2D eigenvalue weighted by Gasteiger charge is -2.11. The van der Waals surface area contributed by atoms with E-state index in [4.69, 9.17) is 16.3 Å². The van der Waals surface area contributed by atoms with Crippen molar-refractivity contribution in [2.45, 2.75) is 26.4 Å². The van der Waals surface area contributed by atoms with Crippen molar-refractivity contribution in [1.82, 2.24) is 15.1 Å². The van der Waals surface area contributed by atoms with Crippen LogP contribution in [0.4, 0.5) is 5.69 Å². The maximum Gasteiger partial charge on any atom is 0.287 e. The van der Waals surface area contributed by atoms with Crippen molar-refractivity contribution in [3.8, 4) is 0 Å². The quantitative estimate of drug-likeness (QED) is 0.765. The van der Waals surface area contributed by atoms with Crippen molar-refractivity contribution < 1.29 is 9.53 Å². The number of methoxy groups -OCH3 is 1. The molecule has 1 amide bonds. The molecule has 1 aromatic rings. The molecule has 7 nitrogen and oxygen atoms in total. The molecule has 0 fully saturated rings. The van der Waals surface area contributed by atoms with E-state index in [1.165, 1.54) is 18.0 Å². The van der Waals surface area contributed by atoms with Crippen LogP contribution in [0.3, 0.4) is 0 Å². The van der Waals surface area contributed by atoms with Gasteiger partial charge in [-0.25, -0.2) is 4.68 Å². The van der Waals surface area contributed by atoms with Gasteiger partial charge in [0.1, 0.15) is 5.02 Å². The van der Waals surface area contributed by atoms with Crippen molar-refractivity contribution in [3.05, 3.63) is 21.6 Å². The lowest BCUT2D eigenvalue weighted by molar-refractivity contribution is -0.119. The number of hydrogen-bond acceptors (Lipinski definition) is 5. The van der Waals surface area contributed by atoms with Crippen LogP contribution >= 0.6 is 11.6 Å². The zero-order valence-electron chi connectivity index (χ0n) is 11.8. The van der Waals surface area contributed by atoms with Gasteiger partial charge in [-0.1, -0.05) is 11.6 Å². The Hall–Kier alpha value is -1.60. The highest BCUT2D eigenvalue weighted by Crippen LogP contribution is 2.14. The summed E-state index contributed by atoms with van der Waals surface area (Å²) < 4.78 is 6.09. The largest absolute Gasteiger partial charge is 0.383 e. The minimum absolute atomic E-state index is 0.00782. The lowest BCUT2D eigenvalue weighted by Crippen LogP contribution is -2.35. The van der Waals surface area contributed by atoms with Crippen LogP contribution in [0.25, 0.3) is 0 Å². The Labute approximate surface area is 122 Å². The highest BCUT2D eigenvalue weighted by atomic mass is 35.5. The van der Waals surface area contributed by atoms with Gasteiger partial charge in [0.15, 0.2) is 0 Å². The van der Waals surface area contributed by atoms with Crippen LogP contribution in [0.2, 0.25) is 5.02 Å². The Morgan fingerprint density at radius 2 is 2.25 bits per heavy atom. The first-order valence-corrected chi connectivity index (χ1v) is 6.61. The van der Waals surface area contributed by atoms with Gasteiger partial charge in [0.2, 0.25) is 5.91 Å². The van der Waals surface area contributed by atoms with Crippen LogP contribution in [0, 0.1) is 0 Å². The Bertz CT molecular complexity index is 516. The van der Waals surface area contributed by atoms with Crippen LogP contribution in [-0.2, 0) is 16.1 Å². The van der Waals surface area contributed by atoms with Gasteiger partial charge >= 0.3 is 0 Å². The Morgan fingerprint density at radius 3 is 2.85 bits per heavy atom. The van der Waals surface area contributed by atoms with Crippen LogP contribution < -0.4 is 16.2 Å². The smallest absolute Gasteiger partial charge is 0.287 e. The molecule has 112 valence electrons. The topological polar surface area (TPSA) is 85.2 Å². The predicted octanol–water partition coefficient (Wildman–Crippen LogP) is 0.480. The van der Waals surface area contributed by atoms with E-state index in [1.54, 1.807) is 0 Å². The van der Waals surface area contributed by atoms with Gasteiger partial charge < -0.3 is 15.4 Å². The number of carbonyl (C=O) groups excluding carboxylic acids is 1. The normalized spacial score (nSPS) is 10.7. The van der Waals surface area contributed by atoms with E-state index in [-0.39, 0.29) is 23.5 Å². The summed E-state index contributed by atoms with van der Waals surface area (Å²) in [6.07, 6.45) is 1.42. The van der Waals surface area contributed by atoms with E-state index < -0.39 is 5.56 Å². The highest BCUT2D eigenvalue weighted by molar-refractivity contribution is 6.33. The number of aromatic nitrogens is 2. The van der Waals surface area contributed by atoms with Gasteiger partial charge in [-0.15, -0.1) is 0 Å². The summed E-state index contributed by atoms with van der Waals surface area (Å²) in [5.41, 5.74) is -0.0813. The van der Waals surface area contributed by atoms with Crippen LogP contribution in [-0.4, -0.2) is 42.0 Å². The molecule has 0 aromatic carbocycles. The minimum atomic E-state index is -0.419. The number of nitrogens with zero attached hydrogens (tertiary/aromatic N) is 2. The standard InChI is InChI=1S/C12H19ClN4O3/c1-8(2)16-10(18)7-14-9-6-15-17(4-5-20-3)12(19)11(9)13/h6,8,14H,4-5,7H2,1-3H3,(H,16,18). The molecule has 0 aliphatic heterocycles. The van der Waals surface area contributed by atoms with E-state index in [1.807, 2.05) is 13.8 Å². The maximum atomic E-state index is 11.9. The first-order valence-electron chi connectivity index (χ1n) is 6.23. The van der Waals surface area contributed by atoms with Gasteiger partial charge in [-0.2, -0.15) is 5.10 Å². The molecule has 0 atom stereocenters. The van der Waals surface area contributed by atoms with Crippen molar-refractivity contribution in [2.24, 2.45) is 0 Å². The highest BCUT2D eigenvalue weighted by Gasteiger charge is 2.10. The third kappa shape index (κ3) is 4.82. The molecule has 0 aliphatic rings. The Morgan fingerprint density at radius 1 is 1.55 bits per heavy atom. The Balaban J connectivity index is 2.70. The van der Waals surface area contributed by atoms with Crippen molar-refractivity contribution in [2.75, 3.05) is 25.6 Å². The first kappa shape index (κ1) is 16.5. The second-order valence-electron chi connectivity index (χ2n) is 4.47. The zero-order chi connectivity index (χ0) is 15.1. The van der Waals surface area contributed by atoms with E-state index in [9.17, 15) is 9.59 Å². The molecule has 2 N–H and O–H groups in total. The molecule has 0 unspecified atom stereocenters. The van der Waals surface area contributed by atoms with Gasteiger partial charge in [0.25, 0.3) is 5.56 Å². The number of halogens is 1. The number of carbonyl (C=O) groups is 1. The number of rotatable bonds is 7. The van der Waals surface area contributed by atoms with Gasteiger partial charge in [-0.3, -0.25) is 9.59 Å². The molecule has 1 heterocycles. The Kier molecular flexibility index (Phi) is 6.47. The number of anilines is 1. The summed E-state index contributed by atoms with van der Waals surface area (Å²) in [6, 6.07) is 0.0555.